The number of hydrogen-bond donors (Lipinski definition) is 1. The Morgan fingerprint density at radius 2 is 1.88 bits per heavy atom. The first-order chi connectivity index (χ1) is 11.4. The van der Waals surface area contributed by atoms with Crippen LogP contribution in [-0.2, 0) is 0 Å². The third-order valence-electron chi connectivity index (χ3n) is 5.22. The number of halogens is 1. The van der Waals surface area contributed by atoms with E-state index in [1.165, 1.54) is 0 Å². The topological polar surface area (TPSA) is 65.5 Å². The van der Waals surface area contributed by atoms with Crippen molar-refractivity contribution in [2.45, 2.75) is 59.6 Å². The zero-order valence-electron chi connectivity index (χ0n) is 14.8. The molecule has 2 aromatic rings. The van der Waals surface area contributed by atoms with Crippen LogP contribution in [0.3, 0.4) is 0 Å². The fourth-order valence-corrected chi connectivity index (χ4v) is 3.55. The summed E-state index contributed by atoms with van der Waals surface area (Å²) in [5.41, 5.74) is 7.42. The number of fused-ring (bicyclic) bond motifs is 1. The van der Waals surface area contributed by atoms with Crippen LogP contribution in [0.2, 0.25) is 0 Å². The highest BCUT2D eigenvalue weighted by molar-refractivity contribution is 9.10. The van der Waals surface area contributed by atoms with Crippen molar-refractivity contribution in [3.8, 4) is 5.75 Å². The Bertz CT molecular complexity index is 757. The van der Waals surface area contributed by atoms with Gasteiger partial charge in [0.05, 0.1) is 0 Å². The lowest BCUT2D eigenvalue weighted by Crippen LogP contribution is -2.35. The highest BCUT2D eigenvalue weighted by Crippen LogP contribution is 2.36. The Labute approximate surface area is 151 Å². The van der Waals surface area contributed by atoms with Gasteiger partial charge in [-0.2, -0.15) is 0 Å². The molecule has 1 unspecified atom stereocenters. The second-order valence-corrected chi connectivity index (χ2v) is 7.26. The molecular weight excluding hydrogens is 370 g/mol. The van der Waals surface area contributed by atoms with E-state index in [4.69, 9.17) is 14.9 Å². The van der Waals surface area contributed by atoms with Gasteiger partial charge in [0.2, 0.25) is 0 Å². The van der Waals surface area contributed by atoms with Gasteiger partial charge < -0.3 is 9.15 Å². The zero-order chi connectivity index (χ0) is 17.9. The summed E-state index contributed by atoms with van der Waals surface area (Å²) in [4.78, 5) is 11.7. The predicted octanol–water partition coefficient (Wildman–Crippen LogP) is 5.13. The summed E-state index contributed by atoms with van der Waals surface area (Å²) in [6.45, 7) is 8.49. The average Bonchev–Trinajstić information content (AvgIpc) is 2.57. The van der Waals surface area contributed by atoms with Crippen molar-refractivity contribution in [2.24, 2.45) is 11.1 Å². The lowest BCUT2D eigenvalue weighted by Gasteiger charge is -2.33. The number of hydrogen-bond acceptors (Lipinski definition) is 4. The molecular formula is C19H26BrNO3. The molecule has 0 aliphatic carbocycles. The quantitative estimate of drug-likeness (QED) is 0.520. The molecule has 0 amide bonds. The van der Waals surface area contributed by atoms with Crippen LogP contribution in [0.25, 0.3) is 11.0 Å². The van der Waals surface area contributed by atoms with Gasteiger partial charge in [0.1, 0.15) is 22.0 Å². The summed E-state index contributed by atoms with van der Waals surface area (Å²) in [7, 11) is 0. The Balaban J connectivity index is 2.28. The molecule has 0 saturated heterocycles. The molecule has 1 atom stereocenters. The molecule has 0 spiro atoms. The van der Waals surface area contributed by atoms with Crippen molar-refractivity contribution in [1.29, 1.82) is 0 Å². The van der Waals surface area contributed by atoms with E-state index in [1.54, 1.807) is 6.07 Å². The van der Waals surface area contributed by atoms with Gasteiger partial charge in [-0.25, -0.2) is 4.79 Å². The predicted molar refractivity (Wildman–Crippen MR) is 101 cm³/mol. The smallest absolute Gasteiger partial charge is 0.350 e. The van der Waals surface area contributed by atoms with Gasteiger partial charge >= 0.3 is 5.63 Å². The fourth-order valence-electron chi connectivity index (χ4n) is 3.22. The first-order valence-electron chi connectivity index (χ1n) is 8.51. The number of ether oxygens (including phenoxy) is 1. The molecule has 0 radical (unpaired) electrons. The first kappa shape index (κ1) is 19.0. The standard InChI is InChI=1S/C19H26BrNO3/c1-5-19(6-2,7-3)11-16(21)23-15-9-8-13-10-14(20)18(22)24-17(13)12(15)4/h8-10,16H,5-7,11,21H2,1-4H3. The Morgan fingerprint density at radius 3 is 2.46 bits per heavy atom. The van der Waals surface area contributed by atoms with E-state index in [0.29, 0.717) is 15.8 Å². The van der Waals surface area contributed by atoms with Gasteiger partial charge in [-0.05, 0) is 46.5 Å². The van der Waals surface area contributed by atoms with Crippen LogP contribution < -0.4 is 16.1 Å². The van der Waals surface area contributed by atoms with E-state index in [2.05, 4.69) is 36.7 Å². The van der Waals surface area contributed by atoms with Crippen LogP contribution in [-0.4, -0.2) is 6.23 Å². The largest absolute Gasteiger partial charge is 0.475 e. The number of aryl methyl sites for hydroxylation is 1. The van der Waals surface area contributed by atoms with Crippen molar-refractivity contribution in [2.75, 3.05) is 0 Å². The van der Waals surface area contributed by atoms with E-state index in [0.717, 1.165) is 36.6 Å². The summed E-state index contributed by atoms with van der Waals surface area (Å²) in [6, 6.07) is 5.52. The molecule has 4 nitrogen and oxygen atoms in total. The first-order valence-corrected chi connectivity index (χ1v) is 9.30. The molecule has 1 aromatic heterocycles. The molecule has 2 N–H and O–H groups in total. The van der Waals surface area contributed by atoms with E-state index < -0.39 is 5.63 Å². The molecule has 24 heavy (non-hydrogen) atoms. The molecule has 5 heteroatoms. The Morgan fingerprint density at radius 1 is 1.25 bits per heavy atom. The summed E-state index contributed by atoms with van der Waals surface area (Å²) in [5, 5.41) is 0.852. The minimum atomic E-state index is -0.394. The summed E-state index contributed by atoms with van der Waals surface area (Å²) >= 11 is 3.20. The number of rotatable bonds is 7. The summed E-state index contributed by atoms with van der Waals surface area (Å²) in [6.07, 6.45) is 3.66. The van der Waals surface area contributed by atoms with Crippen molar-refractivity contribution >= 4 is 26.9 Å². The second-order valence-electron chi connectivity index (χ2n) is 6.41. The van der Waals surface area contributed by atoms with E-state index in [-0.39, 0.29) is 11.6 Å². The van der Waals surface area contributed by atoms with Crippen molar-refractivity contribution in [1.82, 2.24) is 0 Å². The van der Waals surface area contributed by atoms with Gasteiger partial charge in [-0.1, -0.05) is 40.0 Å². The second kappa shape index (κ2) is 7.70. The van der Waals surface area contributed by atoms with Crippen molar-refractivity contribution < 1.29 is 9.15 Å². The van der Waals surface area contributed by atoms with Crippen LogP contribution in [0.1, 0.15) is 52.0 Å². The van der Waals surface area contributed by atoms with Gasteiger partial charge in [0.25, 0.3) is 0 Å². The molecule has 0 bridgehead atoms. The molecule has 2 rings (SSSR count). The van der Waals surface area contributed by atoms with E-state index in [9.17, 15) is 4.79 Å². The maximum atomic E-state index is 11.7. The fraction of sp³-hybridized carbons (Fsp3) is 0.526. The van der Waals surface area contributed by atoms with Crippen LogP contribution in [0.5, 0.6) is 5.75 Å². The van der Waals surface area contributed by atoms with Crippen molar-refractivity contribution in [3.05, 3.63) is 38.7 Å². The van der Waals surface area contributed by atoms with Crippen LogP contribution in [0, 0.1) is 12.3 Å². The Kier molecular flexibility index (Phi) is 6.10. The highest BCUT2D eigenvalue weighted by Gasteiger charge is 2.27. The number of benzene rings is 1. The Hall–Kier alpha value is -1.33. The highest BCUT2D eigenvalue weighted by atomic mass is 79.9. The zero-order valence-corrected chi connectivity index (χ0v) is 16.4. The lowest BCUT2D eigenvalue weighted by atomic mass is 9.76. The summed E-state index contributed by atoms with van der Waals surface area (Å²) < 4.78 is 11.8. The summed E-state index contributed by atoms with van der Waals surface area (Å²) in [5.74, 6) is 0.665. The van der Waals surface area contributed by atoms with Crippen LogP contribution in [0.4, 0.5) is 0 Å². The van der Waals surface area contributed by atoms with Gasteiger partial charge in [0, 0.05) is 17.4 Å². The molecule has 1 heterocycles. The molecule has 132 valence electrons. The van der Waals surface area contributed by atoms with Gasteiger partial charge in [-0.15, -0.1) is 0 Å². The average molecular weight is 396 g/mol. The lowest BCUT2D eigenvalue weighted by molar-refractivity contribution is 0.108. The molecule has 0 aliphatic rings. The normalized spacial score (nSPS) is 13.2. The molecule has 0 saturated carbocycles. The van der Waals surface area contributed by atoms with Gasteiger partial charge in [-0.3, -0.25) is 5.73 Å². The molecule has 0 aliphatic heterocycles. The van der Waals surface area contributed by atoms with Crippen LogP contribution in [0.15, 0.2) is 31.9 Å². The molecule has 0 fully saturated rings. The monoisotopic (exact) mass is 395 g/mol. The van der Waals surface area contributed by atoms with Gasteiger partial charge in [0.15, 0.2) is 0 Å². The minimum Gasteiger partial charge on any atom is -0.475 e. The third kappa shape index (κ3) is 3.83. The van der Waals surface area contributed by atoms with Crippen LogP contribution >= 0.6 is 15.9 Å². The van der Waals surface area contributed by atoms with E-state index >= 15 is 0 Å². The molecule has 1 aromatic carbocycles. The minimum absolute atomic E-state index is 0.210. The van der Waals surface area contributed by atoms with Crippen molar-refractivity contribution in [3.63, 3.8) is 0 Å². The maximum Gasteiger partial charge on any atom is 0.350 e. The third-order valence-corrected chi connectivity index (χ3v) is 5.77. The number of nitrogens with two attached hydrogens (primary N) is 1. The SMILES string of the molecule is CCC(CC)(CC)CC(N)Oc1ccc2cc(Br)c(=O)oc2c1C. The maximum absolute atomic E-state index is 11.7. The van der Waals surface area contributed by atoms with E-state index in [1.807, 2.05) is 19.1 Å².